The number of hydrogen-bond acceptors (Lipinski definition) is 9. The first-order valence-corrected chi connectivity index (χ1v) is 13.8. The Morgan fingerprint density at radius 1 is 1.14 bits per heavy atom. The Kier molecular flexibility index (Phi) is 8.08. The largest absolute Gasteiger partial charge is 0.508 e. The van der Waals surface area contributed by atoms with Gasteiger partial charge in [-0.05, 0) is 42.3 Å². The van der Waals surface area contributed by atoms with Crippen LogP contribution in [0.3, 0.4) is 0 Å². The zero-order chi connectivity index (χ0) is 26.6. The van der Waals surface area contributed by atoms with Crippen LogP contribution in [0.15, 0.2) is 54.9 Å². The number of halogens is 1. The summed E-state index contributed by atoms with van der Waals surface area (Å²) in [5.41, 5.74) is 2.45. The van der Waals surface area contributed by atoms with Crippen molar-refractivity contribution >= 4 is 56.3 Å². The maximum Gasteiger partial charge on any atom is 0.368 e. The molecule has 1 unspecified atom stereocenters. The molecule has 4 rings (SSSR count). The van der Waals surface area contributed by atoms with Crippen LogP contribution in [0.25, 0.3) is 11.2 Å². The highest BCUT2D eigenvalue weighted by Crippen LogP contribution is 2.57. The zero-order valence-electron chi connectivity index (χ0n) is 19.2. The van der Waals surface area contributed by atoms with E-state index in [-0.39, 0.29) is 24.7 Å². The third-order valence-electron chi connectivity index (χ3n) is 5.40. The van der Waals surface area contributed by atoms with Gasteiger partial charge in [0.1, 0.15) is 5.75 Å². The fourth-order valence-corrected chi connectivity index (χ4v) is 4.87. The molecule has 0 aliphatic rings. The number of hydrogen-bond donors (Lipinski definition) is 6. The quantitative estimate of drug-likeness (QED) is 0.113. The second-order valence-corrected chi connectivity index (χ2v) is 11.7. The first kappa shape index (κ1) is 26.9. The molecule has 15 heteroatoms. The van der Waals surface area contributed by atoms with Gasteiger partial charge < -0.3 is 35.2 Å². The van der Waals surface area contributed by atoms with Crippen molar-refractivity contribution in [2.24, 2.45) is 0 Å². The summed E-state index contributed by atoms with van der Waals surface area (Å²) in [6.07, 6.45) is 1.25. The Labute approximate surface area is 217 Å². The summed E-state index contributed by atoms with van der Waals surface area (Å²) in [4.78, 5) is 32.1. The minimum absolute atomic E-state index is 0.0673. The monoisotopic (exact) mass is 564 g/mol. The van der Waals surface area contributed by atoms with E-state index in [9.17, 15) is 29.1 Å². The number of aliphatic hydroxyl groups is 1. The lowest BCUT2D eigenvalue weighted by atomic mass is 10.2. The molecule has 2 heterocycles. The summed E-state index contributed by atoms with van der Waals surface area (Å²) in [6, 6.07) is 13.8. The van der Waals surface area contributed by atoms with E-state index in [1.165, 1.54) is 0 Å². The Balaban J connectivity index is 1.62. The van der Waals surface area contributed by atoms with Crippen LogP contribution in [0.5, 0.6) is 5.75 Å². The van der Waals surface area contributed by atoms with Crippen molar-refractivity contribution in [3.8, 4) is 5.75 Å². The van der Waals surface area contributed by atoms with Gasteiger partial charge in [0.15, 0.2) is 17.0 Å². The normalized spacial score (nSPS) is 13.5. The van der Waals surface area contributed by atoms with Crippen LogP contribution in [0, 0.1) is 0 Å². The molecule has 0 fully saturated rings. The van der Waals surface area contributed by atoms with Crippen LogP contribution in [-0.2, 0) is 15.7 Å². The van der Waals surface area contributed by atoms with Gasteiger partial charge in [0.25, 0.3) is 0 Å². The van der Waals surface area contributed by atoms with Crippen molar-refractivity contribution in [2.45, 2.75) is 24.5 Å². The van der Waals surface area contributed by atoms with Crippen molar-refractivity contribution in [2.75, 3.05) is 17.2 Å². The third-order valence-corrected chi connectivity index (χ3v) is 8.33. The molecule has 0 radical (unpaired) electrons. The molecule has 0 saturated heterocycles. The van der Waals surface area contributed by atoms with Gasteiger partial charge in [-0.1, -0.05) is 29.8 Å². The fraction of sp³-hybridized carbons (Fsp3) is 0.227. The van der Waals surface area contributed by atoms with Gasteiger partial charge in [0.05, 0.1) is 12.9 Å². The number of aromatic hydroxyl groups is 1. The van der Waals surface area contributed by atoms with E-state index in [4.69, 9.17) is 11.6 Å². The van der Waals surface area contributed by atoms with E-state index in [1.54, 1.807) is 47.3 Å². The number of phenolic OH excluding ortho intramolecular Hbond substituents is 1. The Morgan fingerprint density at radius 3 is 2.62 bits per heavy atom. The highest BCUT2D eigenvalue weighted by Gasteiger charge is 2.46. The summed E-state index contributed by atoms with van der Waals surface area (Å²) in [7, 11) is -6.05. The highest BCUT2D eigenvalue weighted by atomic mass is 35.5. The van der Waals surface area contributed by atoms with Crippen molar-refractivity contribution in [1.29, 1.82) is 0 Å². The topological polar surface area (TPSA) is 183 Å². The third kappa shape index (κ3) is 6.42. The summed E-state index contributed by atoms with van der Waals surface area (Å²) < 4.78 is 24.4. The van der Waals surface area contributed by atoms with Gasteiger partial charge in [-0.15, -0.1) is 0 Å². The van der Waals surface area contributed by atoms with Gasteiger partial charge in [-0.25, -0.2) is 4.98 Å². The number of nitrogens with zero attached hydrogens (tertiary/aromatic N) is 4. The van der Waals surface area contributed by atoms with Crippen molar-refractivity contribution in [1.82, 2.24) is 19.5 Å². The van der Waals surface area contributed by atoms with Crippen LogP contribution in [-0.4, -0.2) is 51.1 Å². The molecular formula is C22H23ClN6O6P2. The molecule has 2 aromatic carbocycles. The lowest BCUT2D eigenvalue weighted by molar-refractivity contribution is 0.157. The molecule has 0 aliphatic carbocycles. The number of fused-ring (bicyclic) bond motifs is 1. The molecule has 0 saturated carbocycles. The molecule has 12 nitrogen and oxygen atoms in total. The molecule has 37 heavy (non-hydrogen) atoms. The number of benzene rings is 2. The van der Waals surface area contributed by atoms with E-state index >= 15 is 0 Å². The van der Waals surface area contributed by atoms with Crippen LogP contribution in [0.1, 0.15) is 18.4 Å². The van der Waals surface area contributed by atoms with Gasteiger partial charge in [0, 0.05) is 23.7 Å². The van der Waals surface area contributed by atoms with Crippen LogP contribution >= 0.6 is 27.7 Å². The van der Waals surface area contributed by atoms with Crippen molar-refractivity contribution in [3.63, 3.8) is 0 Å². The minimum atomic E-state index is -5.00. The molecule has 6 N–H and O–H groups in total. The standard InChI is InChI=1S/C22H23ClN6O6P2/c23-15-5-2-6-16(11-15)26-19-18-20(29(13-25-18)12-14-4-1-7-17(30)10-14)28-21(27-19)24-9-3-8-22(31,36-32)37(33,34)35/h1-2,4-7,10-11,13,30-31H,3,8-9,12H2,(H2,33,34,35)(H2,24,26,27,28). The van der Waals surface area contributed by atoms with E-state index in [2.05, 4.69) is 25.6 Å². The predicted molar refractivity (Wildman–Crippen MR) is 140 cm³/mol. The number of anilines is 3. The van der Waals surface area contributed by atoms with Crippen molar-refractivity contribution in [3.05, 3.63) is 65.4 Å². The molecule has 0 amide bonds. The fourth-order valence-electron chi connectivity index (χ4n) is 3.55. The molecular weight excluding hydrogens is 542 g/mol. The van der Waals surface area contributed by atoms with Gasteiger partial charge in [-0.2, -0.15) is 9.97 Å². The molecule has 0 aliphatic heterocycles. The first-order valence-electron chi connectivity index (χ1n) is 11.0. The smallest absolute Gasteiger partial charge is 0.368 e. The van der Waals surface area contributed by atoms with Crippen LogP contribution in [0.2, 0.25) is 5.02 Å². The number of imidazole rings is 1. The number of rotatable bonds is 11. The van der Waals surface area contributed by atoms with E-state index in [1.807, 2.05) is 12.1 Å². The number of nitrogens with one attached hydrogen (secondary N) is 2. The van der Waals surface area contributed by atoms with E-state index in [0.29, 0.717) is 34.2 Å². The molecule has 1 atom stereocenters. The van der Waals surface area contributed by atoms with Crippen molar-refractivity contribution < 1.29 is 29.1 Å². The molecule has 0 spiro atoms. The van der Waals surface area contributed by atoms with Gasteiger partial charge in [0.2, 0.25) is 19.5 Å². The predicted octanol–water partition coefficient (Wildman–Crippen LogP) is 4.28. The average molecular weight is 565 g/mol. The minimum Gasteiger partial charge on any atom is -0.508 e. The second kappa shape index (κ2) is 11.1. The summed E-state index contributed by atoms with van der Waals surface area (Å²) in [5, 5.41) is 23.8. The van der Waals surface area contributed by atoms with E-state index < -0.39 is 27.6 Å². The molecule has 0 bridgehead atoms. The van der Waals surface area contributed by atoms with Crippen LogP contribution < -0.4 is 10.6 Å². The second-order valence-electron chi connectivity index (χ2n) is 8.19. The number of aromatic nitrogens is 4. The summed E-state index contributed by atoms with van der Waals surface area (Å²) >= 11 is 6.11. The van der Waals surface area contributed by atoms with E-state index in [0.717, 1.165) is 5.56 Å². The summed E-state index contributed by atoms with van der Waals surface area (Å²) in [5.74, 6) is 0.707. The number of phenols is 1. The van der Waals surface area contributed by atoms with Crippen LogP contribution in [0.4, 0.5) is 17.5 Å². The lowest BCUT2D eigenvalue weighted by Crippen LogP contribution is -2.22. The molecule has 194 valence electrons. The Bertz CT molecular complexity index is 1480. The maximum atomic E-state index is 11.5. The molecule has 4 aromatic rings. The Hall–Kier alpha value is -3.11. The first-order chi connectivity index (χ1) is 17.6. The molecule has 2 aromatic heterocycles. The average Bonchev–Trinajstić information content (AvgIpc) is 3.24. The SMILES string of the molecule is O=PC(O)(CCCNc1nc(Nc2cccc(Cl)c2)c2ncn(Cc3cccc(O)c3)c2n1)P(=O)(O)O. The maximum absolute atomic E-state index is 11.5. The summed E-state index contributed by atoms with van der Waals surface area (Å²) in [6.45, 7) is 0.497. The highest BCUT2D eigenvalue weighted by molar-refractivity contribution is 7.63. The zero-order valence-corrected chi connectivity index (χ0v) is 21.7. The lowest BCUT2D eigenvalue weighted by Gasteiger charge is -2.21. The van der Waals surface area contributed by atoms with Gasteiger partial charge >= 0.3 is 7.60 Å². The van der Waals surface area contributed by atoms with Gasteiger partial charge in [-0.3, -0.25) is 9.13 Å². The Morgan fingerprint density at radius 2 is 1.92 bits per heavy atom.